The quantitative estimate of drug-likeness (QED) is 0.884. The van der Waals surface area contributed by atoms with Crippen LogP contribution >= 0.6 is 0 Å². The van der Waals surface area contributed by atoms with Crippen LogP contribution in [0, 0.1) is 6.92 Å². The number of rotatable bonds is 3. The summed E-state index contributed by atoms with van der Waals surface area (Å²) in [5.41, 5.74) is -2.77. The minimum Gasteiger partial charge on any atom is -0.361 e. The standard InChI is InChI=1S/C17H15F3N2O3S/c1-12-7-9-14(10-8-12)26(24,25)22-16(23,17(18,19)20)11-15(21-22)13-5-3-2-4-6-13/h2-10,23H,11H2,1H3. The normalized spacial score (nSPS) is 21.0. The molecule has 1 atom stereocenters. The maximum Gasteiger partial charge on any atom is 0.439 e. The van der Waals surface area contributed by atoms with Gasteiger partial charge in [0.15, 0.2) is 0 Å². The third-order valence-electron chi connectivity index (χ3n) is 4.05. The number of nitrogens with zero attached hydrogens (tertiary/aromatic N) is 2. The number of benzene rings is 2. The SMILES string of the molecule is Cc1ccc(S(=O)(=O)N2N=C(c3ccccc3)CC2(O)C(F)(F)F)cc1. The molecule has 2 aromatic carbocycles. The van der Waals surface area contributed by atoms with Crippen molar-refractivity contribution in [2.45, 2.75) is 30.1 Å². The van der Waals surface area contributed by atoms with Gasteiger partial charge in [-0.25, -0.2) is 0 Å². The number of aryl methyl sites for hydroxylation is 1. The lowest BCUT2D eigenvalue weighted by molar-refractivity contribution is -0.291. The van der Waals surface area contributed by atoms with Gasteiger partial charge in [-0.2, -0.15) is 26.7 Å². The zero-order valence-corrected chi connectivity index (χ0v) is 14.4. The molecular formula is C17H15F3N2O3S. The Hall–Kier alpha value is -2.39. The predicted molar refractivity (Wildman–Crippen MR) is 88.8 cm³/mol. The molecule has 0 aromatic heterocycles. The van der Waals surface area contributed by atoms with Gasteiger partial charge in [0.2, 0.25) is 0 Å². The van der Waals surface area contributed by atoms with Crippen LogP contribution in [0.5, 0.6) is 0 Å². The molecule has 0 spiro atoms. The smallest absolute Gasteiger partial charge is 0.361 e. The number of hydrazone groups is 1. The summed E-state index contributed by atoms with van der Waals surface area (Å²) in [5.74, 6) is 0. The molecule has 0 amide bonds. The van der Waals surface area contributed by atoms with Crippen LogP contribution in [0.1, 0.15) is 17.5 Å². The molecule has 3 rings (SSSR count). The summed E-state index contributed by atoms with van der Waals surface area (Å²) in [6.45, 7) is 1.71. The molecule has 0 saturated carbocycles. The van der Waals surface area contributed by atoms with Crippen molar-refractivity contribution in [1.82, 2.24) is 4.41 Å². The molecule has 0 bridgehead atoms. The first kappa shape index (κ1) is 18.4. The Kier molecular flexibility index (Phi) is 4.32. The molecule has 1 N–H and O–H groups in total. The lowest BCUT2D eigenvalue weighted by Crippen LogP contribution is -2.56. The second-order valence-electron chi connectivity index (χ2n) is 5.96. The second kappa shape index (κ2) is 6.10. The van der Waals surface area contributed by atoms with Crippen molar-refractivity contribution in [1.29, 1.82) is 0 Å². The molecule has 9 heteroatoms. The largest absolute Gasteiger partial charge is 0.439 e. The van der Waals surface area contributed by atoms with Crippen LogP contribution < -0.4 is 0 Å². The van der Waals surface area contributed by atoms with Crippen LogP contribution in [0.4, 0.5) is 13.2 Å². The molecule has 2 aromatic rings. The maximum absolute atomic E-state index is 13.6. The van der Waals surface area contributed by atoms with Crippen molar-refractivity contribution in [3.05, 3.63) is 65.7 Å². The van der Waals surface area contributed by atoms with E-state index in [1.165, 1.54) is 36.4 Å². The molecule has 1 unspecified atom stereocenters. The lowest BCUT2D eigenvalue weighted by atomic mass is 10.0. The predicted octanol–water partition coefficient (Wildman–Crippen LogP) is 3.04. The highest BCUT2D eigenvalue weighted by Gasteiger charge is 2.65. The molecule has 1 heterocycles. The third kappa shape index (κ3) is 2.97. The van der Waals surface area contributed by atoms with Gasteiger partial charge in [-0.05, 0) is 24.6 Å². The van der Waals surface area contributed by atoms with Crippen molar-refractivity contribution < 1.29 is 26.7 Å². The fourth-order valence-corrected chi connectivity index (χ4v) is 4.04. The zero-order valence-electron chi connectivity index (χ0n) is 13.6. The minimum atomic E-state index is -5.23. The maximum atomic E-state index is 13.6. The fourth-order valence-electron chi connectivity index (χ4n) is 2.59. The van der Waals surface area contributed by atoms with Crippen molar-refractivity contribution in [3.8, 4) is 0 Å². The van der Waals surface area contributed by atoms with Gasteiger partial charge in [-0.1, -0.05) is 48.0 Å². The summed E-state index contributed by atoms with van der Waals surface area (Å²) in [6, 6.07) is 13.1. The molecule has 26 heavy (non-hydrogen) atoms. The van der Waals surface area contributed by atoms with Crippen LogP contribution in [0.15, 0.2) is 64.6 Å². The lowest BCUT2D eigenvalue weighted by Gasteiger charge is -2.33. The van der Waals surface area contributed by atoms with E-state index >= 15 is 0 Å². The average Bonchev–Trinajstić information content (AvgIpc) is 2.96. The third-order valence-corrected chi connectivity index (χ3v) is 5.76. The van der Waals surface area contributed by atoms with E-state index in [0.717, 1.165) is 5.56 Å². The van der Waals surface area contributed by atoms with Crippen LogP contribution in [0.3, 0.4) is 0 Å². The summed E-state index contributed by atoms with van der Waals surface area (Å²) in [4.78, 5) is -0.385. The van der Waals surface area contributed by atoms with E-state index in [1.54, 1.807) is 25.1 Å². The highest BCUT2D eigenvalue weighted by atomic mass is 32.2. The van der Waals surface area contributed by atoms with Gasteiger partial charge in [0.1, 0.15) is 0 Å². The number of alkyl halides is 3. The highest BCUT2D eigenvalue weighted by Crippen LogP contribution is 2.44. The van der Waals surface area contributed by atoms with Gasteiger partial charge in [0.25, 0.3) is 15.7 Å². The van der Waals surface area contributed by atoms with Gasteiger partial charge in [-0.3, -0.25) is 0 Å². The summed E-state index contributed by atoms with van der Waals surface area (Å²) in [7, 11) is -4.71. The molecule has 1 aliphatic heterocycles. The van der Waals surface area contributed by atoms with Crippen LogP contribution in [0.25, 0.3) is 0 Å². The van der Waals surface area contributed by atoms with Gasteiger partial charge in [-0.15, -0.1) is 4.41 Å². The van der Waals surface area contributed by atoms with Crippen molar-refractivity contribution >= 4 is 15.7 Å². The minimum absolute atomic E-state index is 0.166. The Labute approximate surface area is 148 Å². The Bertz CT molecular complexity index is 941. The van der Waals surface area contributed by atoms with Crippen LogP contribution in [-0.2, 0) is 10.0 Å². The summed E-state index contributed by atoms with van der Waals surface area (Å²) < 4.78 is 66.0. The molecule has 1 aliphatic rings. The van der Waals surface area contributed by atoms with Crippen molar-refractivity contribution in [3.63, 3.8) is 0 Å². The molecular weight excluding hydrogens is 369 g/mol. The Balaban J connectivity index is 2.14. The van der Waals surface area contributed by atoms with E-state index in [4.69, 9.17) is 0 Å². The van der Waals surface area contributed by atoms with Gasteiger partial charge in [0.05, 0.1) is 17.0 Å². The number of hydrogen-bond donors (Lipinski definition) is 1. The first-order valence-corrected chi connectivity index (χ1v) is 9.04. The Morgan fingerprint density at radius 2 is 1.65 bits per heavy atom. The zero-order chi connectivity index (χ0) is 19.2. The fraction of sp³-hybridized carbons (Fsp3) is 0.235. The van der Waals surface area contributed by atoms with Gasteiger partial charge < -0.3 is 5.11 Å². The van der Waals surface area contributed by atoms with Crippen molar-refractivity contribution in [2.24, 2.45) is 5.10 Å². The van der Waals surface area contributed by atoms with E-state index in [1.807, 2.05) is 0 Å². The molecule has 0 fully saturated rings. The van der Waals surface area contributed by atoms with Crippen LogP contribution in [-0.4, -0.2) is 35.6 Å². The summed E-state index contributed by atoms with van der Waals surface area (Å²) >= 11 is 0. The van der Waals surface area contributed by atoms with E-state index in [9.17, 15) is 26.7 Å². The molecule has 0 aliphatic carbocycles. The van der Waals surface area contributed by atoms with Gasteiger partial charge >= 0.3 is 6.18 Å². The van der Waals surface area contributed by atoms with E-state index in [2.05, 4.69) is 5.10 Å². The number of halogens is 3. The van der Waals surface area contributed by atoms with E-state index < -0.39 is 28.3 Å². The average molecular weight is 384 g/mol. The number of aliphatic hydroxyl groups is 1. The Morgan fingerprint density at radius 3 is 2.19 bits per heavy atom. The molecule has 138 valence electrons. The van der Waals surface area contributed by atoms with Gasteiger partial charge in [0, 0.05) is 0 Å². The van der Waals surface area contributed by atoms with Crippen LogP contribution in [0.2, 0.25) is 0 Å². The first-order chi connectivity index (χ1) is 12.1. The topological polar surface area (TPSA) is 70.0 Å². The monoisotopic (exact) mass is 384 g/mol. The molecule has 5 nitrogen and oxygen atoms in total. The first-order valence-electron chi connectivity index (χ1n) is 7.60. The van der Waals surface area contributed by atoms with E-state index in [-0.39, 0.29) is 15.0 Å². The highest BCUT2D eigenvalue weighted by molar-refractivity contribution is 7.89. The Morgan fingerprint density at radius 1 is 1.08 bits per heavy atom. The molecule has 0 saturated heterocycles. The summed E-state index contributed by atoms with van der Waals surface area (Å²) in [6.07, 6.45) is -6.23. The van der Waals surface area contributed by atoms with E-state index in [0.29, 0.717) is 5.56 Å². The number of hydrogen-bond acceptors (Lipinski definition) is 4. The number of sulfonamides is 1. The molecule has 0 radical (unpaired) electrons. The second-order valence-corrected chi connectivity index (χ2v) is 7.73. The summed E-state index contributed by atoms with van der Waals surface area (Å²) in [5, 5.41) is 13.9. The van der Waals surface area contributed by atoms with Crippen molar-refractivity contribution in [2.75, 3.05) is 0 Å².